The number of rotatable bonds is 2. The molecule has 0 amide bonds. The van der Waals surface area contributed by atoms with E-state index >= 15 is 0 Å². The lowest BCUT2D eigenvalue weighted by atomic mass is 10.3. The molecule has 118 valence electrons. The minimum atomic E-state index is 0.582. The lowest BCUT2D eigenvalue weighted by molar-refractivity contribution is 0.174. The van der Waals surface area contributed by atoms with E-state index in [-0.39, 0.29) is 0 Å². The largest absolute Gasteiger partial charge is 0.485 e. The van der Waals surface area contributed by atoms with Crippen molar-refractivity contribution in [3.8, 4) is 42.6 Å². The molecular formula is C15H11NO4S3. The third kappa shape index (κ3) is 2.20. The summed E-state index contributed by atoms with van der Waals surface area (Å²) in [5, 5.41) is 4.91. The van der Waals surface area contributed by atoms with E-state index in [0.29, 0.717) is 26.4 Å². The lowest BCUT2D eigenvalue weighted by Gasteiger charge is -2.15. The molecule has 0 atom stereocenters. The highest BCUT2D eigenvalue weighted by Gasteiger charge is 2.24. The quantitative estimate of drug-likeness (QED) is 0.683. The molecule has 3 aromatic rings. The molecule has 0 spiro atoms. The van der Waals surface area contributed by atoms with Gasteiger partial charge in [-0.25, -0.2) is 4.98 Å². The molecule has 5 rings (SSSR count). The molecule has 5 heterocycles. The predicted octanol–water partition coefficient (Wildman–Crippen LogP) is 4.14. The van der Waals surface area contributed by atoms with Crippen molar-refractivity contribution < 1.29 is 18.9 Å². The van der Waals surface area contributed by atoms with Gasteiger partial charge in [0.2, 0.25) is 0 Å². The van der Waals surface area contributed by atoms with Gasteiger partial charge in [0.15, 0.2) is 23.0 Å². The number of hydrogen-bond acceptors (Lipinski definition) is 8. The van der Waals surface area contributed by atoms with E-state index in [1.165, 1.54) is 0 Å². The molecule has 2 aliphatic heterocycles. The van der Waals surface area contributed by atoms with Crippen LogP contribution in [0.1, 0.15) is 0 Å². The molecule has 0 radical (unpaired) electrons. The van der Waals surface area contributed by atoms with Gasteiger partial charge in [-0.2, -0.15) is 0 Å². The summed E-state index contributed by atoms with van der Waals surface area (Å²) in [4.78, 5) is 7.76. The molecular weight excluding hydrogens is 354 g/mol. The monoisotopic (exact) mass is 365 g/mol. The van der Waals surface area contributed by atoms with Crippen LogP contribution in [-0.2, 0) is 0 Å². The summed E-state index contributed by atoms with van der Waals surface area (Å²) < 4.78 is 22.7. The van der Waals surface area contributed by atoms with Gasteiger partial charge < -0.3 is 18.9 Å². The molecule has 3 aromatic heterocycles. The van der Waals surface area contributed by atoms with E-state index < -0.39 is 0 Å². The Bertz CT molecular complexity index is 797. The Hall–Kier alpha value is -1.77. The maximum Gasteiger partial charge on any atom is 0.182 e. The van der Waals surface area contributed by atoms with E-state index in [1.807, 2.05) is 17.0 Å². The second-order valence-electron chi connectivity index (χ2n) is 4.94. The average molecular weight is 365 g/mol. The zero-order chi connectivity index (χ0) is 15.2. The smallest absolute Gasteiger partial charge is 0.182 e. The van der Waals surface area contributed by atoms with E-state index in [4.69, 9.17) is 18.9 Å². The van der Waals surface area contributed by atoms with Crippen molar-refractivity contribution in [1.82, 2.24) is 4.98 Å². The van der Waals surface area contributed by atoms with Gasteiger partial charge in [-0.15, -0.1) is 34.0 Å². The SMILES string of the molecule is c1nc(-c2scc3c2OCCO3)sc1-c1scc2c1OCCO2. The molecule has 5 nitrogen and oxygen atoms in total. The molecule has 0 aliphatic carbocycles. The highest BCUT2D eigenvalue weighted by molar-refractivity contribution is 7.25. The Balaban J connectivity index is 1.54. The van der Waals surface area contributed by atoms with Crippen molar-refractivity contribution in [2.45, 2.75) is 0 Å². The van der Waals surface area contributed by atoms with Crippen LogP contribution >= 0.6 is 34.0 Å². The van der Waals surface area contributed by atoms with Crippen LogP contribution in [0.25, 0.3) is 19.6 Å². The normalized spacial score (nSPS) is 15.7. The van der Waals surface area contributed by atoms with Crippen molar-refractivity contribution in [3.05, 3.63) is 17.0 Å². The number of thiazole rings is 1. The van der Waals surface area contributed by atoms with Crippen molar-refractivity contribution in [2.75, 3.05) is 26.4 Å². The van der Waals surface area contributed by atoms with Crippen LogP contribution in [0.5, 0.6) is 23.0 Å². The van der Waals surface area contributed by atoms with Crippen molar-refractivity contribution in [1.29, 1.82) is 0 Å². The number of ether oxygens (including phenoxy) is 4. The van der Waals surface area contributed by atoms with Crippen molar-refractivity contribution in [2.24, 2.45) is 0 Å². The summed E-state index contributed by atoms with van der Waals surface area (Å²) >= 11 is 4.86. The highest BCUT2D eigenvalue weighted by Crippen LogP contribution is 2.51. The number of hydrogen-bond donors (Lipinski definition) is 0. The fraction of sp³-hybridized carbons (Fsp3) is 0.267. The third-order valence-corrected chi connectivity index (χ3v) is 6.74. The zero-order valence-corrected chi connectivity index (χ0v) is 14.3. The summed E-state index contributed by atoms with van der Waals surface area (Å²) in [7, 11) is 0. The molecule has 0 unspecified atom stereocenters. The fourth-order valence-corrected chi connectivity index (χ4v) is 5.51. The van der Waals surface area contributed by atoms with Crippen LogP contribution in [-0.4, -0.2) is 31.4 Å². The van der Waals surface area contributed by atoms with Crippen LogP contribution in [0.4, 0.5) is 0 Å². The van der Waals surface area contributed by atoms with Crippen LogP contribution in [0.15, 0.2) is 17.0 Å². The number of thiophene rings is 2. The highest BCUT2D eigenvalue weighted by atomic mass is 32.1. The van der Waals surface area contributed by atoms with Crippen molar-refractivity contribution in [3.63, 3.8) is 0 Å². The minimum absolute atomic E-state index is 0.582. The Morgan fingerprint density at radius 3 is 2.13 bits per heavy atom. The molecule has 0 saturated heterocycles. The zero-order valence-electron chi connectivity index (χ0n) is 11.9. The molecule has 8 heteroatoms. The van der Waals surface area contributed by atoms with Gasteiger partial charge in [-0.1, -0.05) is 0 Å². The minimum Gasteiger partial charge on any atom is -0.485 e. The molecule has 0 aromatic carbocycles. The summed E-state index contributed by atoms with van der Waals surface area (Å²) in [6, 6.07) is 0. The van der Waals surface area contributed by atoms with Crippen LogP contribution < -0.4 is 18.9 Å². The van der Waals surface area contributed by atoms with Crippen LogP contribution in [0.2, 0.25) is 0 Å². The van der Waals surface area contributed by atoms with Gasteiger partial charge in [0.05, 0.1) is 9.75 Å². The summed E-state index contributed by atoms with van der Waals surface area (Å²) in [6.07, 6.45) is 1.89. The maximum atomic E-state index is 5.76. The first-order valence-electron chi connectivity index (χ1n) is 7.11. The number of fused-ring (bicyclic) bond motifs is 2. The number of aromatic nitrogens is 1. The Kier molecular flexibility index (Phi) is 3.20. The van der Waals surface area contributed by atoms with Gasteiger partial charge in [-0.05, 0) is 0 Å². The second-order valence-corrected chi connectivity index (χ2v) is 7.73. The standard InChI is InChI=1S/C15H11NO4S3/c1-3-19-11-8(17-1)6-21-13(11)10-5-16-15(23-10)14-12-9(7-22-14)18-2-4-20-12/h5-7H,1-4H2. The van der Waals surface area contributed by atoms with Gasteiger partial charge in [0.1, 0.15) is 36.3 Å². The lowest BCUT2D eigenvalue weighted by Crippen LogP contribution is -2.14. The van der Waals surface area contributed by atoms with Gasteiger partial charge in [0, 0.05) is 17.0 Å². The van der Waals surface area contributed by atoms with E-state index in [2.05, 4.69) is 4.98 Å². The van der Waals surface area contributed by atoms with E-state index in [0.717, 1.165) is 42.6 Å². The predicted molar refractivity (Wildman–Crippen MR) is 90.7 cm³/mol. The van der Waals surface area contributed by atoms with Crippen LogP contribution in [0, 0.1) is 0 Å². The summed E-state index contributed by atoms with van der Waals surface area (Å²) in [5.74, 6) is 3.30. The first kappa shape index (κ1) is 13.6. The van der Waals surface area contributed by atoms with Gasteiger partial charge >= 0.3 is 0 Å². The molecule has 0 saturated carbocycles. The summed E-state index contributed by atoms with van der Waals surface area (Å²) in [6.45, 7) is 2.38. The van der Waals surface area contributed by atoms with Gasteiger partial charge in [-0.3, -0.25) is 0 Å². The van der Waals surface area contributed by atoms with E-state index in [1.54, 1.807) is 34.0 Å². The van der Waals surface area contributed by atoms with Gasteiger partial charge in [0.25, 0.3) is 0 Å². The molecule has 0 N–H and O–H groups in total. The van der Waals surface area contributed by atoms with Crippen LogP contribution in [0.3, 0.4) is 0 Å². The Labute approximate surface area is 144 Å². The number of nitrogens with zero attached hydrogens (tertiary/aromatic N) is 1. The average Bonchev–Trinajstić information content (AvgIpc) is 3.31. The maximum absolute atomic E-state index is 5.76. The molecule has 23 heavy (non-hydrogen) atoms. The Morgan fingerprint density at radius 1 is 0.783 bits per heavy atom. The van der Waals surface area contributed by atoms with Crippen molar-refractivity contribution >= 4 is 34.0 Å². The second kappa shape index (κ2) is 5.40. The molecule has 0 bridgehead atoms. The molecule has 2 aliphatic rings. The summed E-state index contributed by atoms with van der Waals surface area (Å²) in [5.41, 5.74) is 0. The molecule has 0 fully saturated rings. The van der Waals surface area contributed by atoms with E-state index in [9.17, 15) is 0 Å². The topological polar surface area (TPSA) is 49.8 Å². The first-order valence-corrected chi connectivity index (χ1v) is 9.68. The Morgan fingerprint density at radius 2 is 1.39 bits per heavy atom. The first-order chi connectivity index (χ1) is 11.4. The third-order valence-electron chi connectivity index (χ3n) is 3.53. The fourth-order valence-electron chi connectivity index (χ4n) is 2.53.